The van der Waals surface area contributed by atoms with Crippen LogP contribution in [0, 0.1) is 12.8 Å². The molecule has 0 radical (unpaired) electrons. The molecule has 7 heteroatoms. The summed E-state index contributed by atoms with van der Waals surface area (Å²) in [5, 5.41) is 4.07. The number of carbonyl (C=O) groups excluding carboxylic acids is 1. The third kappa shape index (κ3) is 5.68. The summed E-state index contributed by atoms with van der Waals surface area (Å²) < 4.78 is 0. The second-order valence-corrected chi connectivity index (χ2v) is 6.95. The number of aromatic nitrogens is 1. The molecule has 25 heavy (non-hydrogen) atoms. The first-order valence-corrected chi connectivity index (χ1v) is 8.71. The summed E-state index contributed by atoms with van der Waals surface area (Å²) in [5.41, 5.74) is 2.12. The number of amides is 1. The number of thiazole rings is 1. The summed E-state index contributed by atoms with van der Waals surface area (Å²) in [6.45, 7) is 6.73. The Labute approximate surface area is 166 Å². The first-order chi connectivity index (χ1) is 11.0. The number of hydrogen-bond donors (Lipinski definition) is 1. The van der Waals surface area contributed by atoms with Crippen LogP contribution in [0.4, 0.5) is 0 Å². The summed E-state index contributed by atoms with van der Waals surface area (Å²) >= 11 is 1.67. The fourth-order valence-corrected chi connectivity index (χ4v) is 3.77. The maximum absolute atomic E-state index is 12.5. The van der Waals surface area contributed by atoms with Gasteiger partial charge in [-0.15, -0.1) is 36.2 Å². The Morgan fingerprint density at radius 2 is 1.84 bits per heavy atom. The lowest BCUT2D eigenvalue weighted by molar-refractivity contribution is -0.135. The van der Waals surface area contributed by atoms with Crippen LogP contribution in [0.1, 0.15) is 30.5 Å². The van der Waals surface area contributed by atoms with E-state index in [4.69, 9.17) is 4.98 Å². The zero-order valence-corrected chi connectivity index (χ0v) is 17.7. The van der Waals surface area contributed by atoms with E-state index in [-0.39, 0.29) is 42.7 Å². The number of nitrogens with one attached hydrogen (secondary N) is 1. The molecule has 0 aliphatic heterocycles. The fraction of sp³-hybridized carbons (Fsp3) is 0.444. The Morgan fingerprint density at radius 1 is 1.24 bits per heavy atom. The molecule has 0 aliphatic carbocycles. The normalized spacial score (nSPS) is 12.5. The van der Waals surface area contributed by atoms with Crippen molar-refractivity contribution < 1.29 is 4.79 Å². The van der Waals surface area contributed by atoms with Crippen molar-refractivity contribution in [1.82, 2.24) is 15.2 Å². The molecule has 2 atom stereocenters. The van der Waals surface area contributed by atoms with Crippen LogP contribution < -0.4 is 5.32 Å². The Hall–Kier alpha value is -1.14. The highest BCUT2D eigenvalue weighted by molar-refractivity contribution is 7.15. The molecule has 0 fully saturated rings. The topological polar surface area (TPSA) is 45.2 Å². The van der Waals surface area contributed by atoms with Gasteiger partial charge in [-0.3, -0.25) is 4.79 Å². The minimum atomic E-state index is -0.0331. The summed E-state index contributed by atoms with van der Waals surface area (Å²) in [4.78, 5) is 20.2. The molecule has 140 valence electrons. The van der Waals surface area contributed by atoms with Crippen molar-refractivity contribution in [2.24, 2.45) is 5.92 Å². The van der Waals surface area contributed by atoms with Gasteiger partial charge in [0.1, 0.15) is 5.01 Å². The van der Waals surface area contributed by atoms with Gasteiger partial charge in [-0.25, -0.2) is 4.98 Å². The number of benzene rings is 1. The third-order valence-electron chi connectivity index (χ3n) is 4.09. The monoisotopic (exact) mass is 403 g/mol. The molecule has 1 N–H and O–H groups in total. The van der Waals surface area contributed by atoms with Gasteiger partial charge in [-0.2, -0.15) is 0 Å². The Bertz CT molecular complexity index is 664. The highest BCUT2D eigenvalue weighted by Gasteiger charge is 2.25. The predicted octanol–water partition coefficient (Wildman–Crippen LogP) is 4.34. The molecule has 0 bridgehead atoms. The van der Waals surface area contributed by atoms with E-state index in [1.807, 2.05) is 51.0 Å². The van der Waals surface area contributed by atoms with Crippen LogP contribution in [0.15, 0.2) is 30.3 Å². The van der Waals surface area contributed by atoms with E-state index in [1.165, 1.54) is 0 Å². The van der Waals surface area contributed by atoms with Crippen LogP contribution in [0.2, 0.25) is 0 Å². The van der Waals surface area contributed by atoms with E-state index in [1.54, 1.807) is 11.3 Å². The molecule has 0 saturated heterocycles. The van der Waals surface area contributed by atoms with E-state index < -0.39 is 0 Å². The number of hydrogen-bond acceptors (Lipinski definition) is 4. The predicted molar refractivity (Wildman–Crippen MR) is 111 cm³/mol. The average molecular weight is 404 g/mol. The summed E-state index contributed by atoms with van der Waals surface area (Å²) in [6.07, 6.45) is 0. The lowest BCUT2D eigenvalue weighted by Gasteiger charge is -2.27. The second kappa shape index (κ2) is 10.8. The van der Waals surface area contributed by atoms with Gasteiger partial charge in [0, 0.05) is 25.1 Å². The Morgan fingerprint density at radius 3 is 2.40 bits per heavy atom. The van der Waals surface area contributed by atoms with Crippen molar-refractivity contribution in [3.05, 3.63) is 40.9 Å². The molecule has 2 aromatic rings. The molecule has 2 rings (SSSR count). The van der Waals surface area contributed by atoms with E-state index in [9.17, 15) is 4.79 Å². The lowest BCUT2D eigenvalue weighted by atomic mass is 10.1. The maximum Gasteiger partial charge on any atom is 0.226 e. The van der Waals surface area contributed by atoms with Gasteiger partial charge >= 0.3 is 0 Å². The molecule has 1 heterocycles. The smallest absolute Gasteiger partial charge is 0.226 e. The minimum Gasteiger partial charge on any atom is -0.338 e. The van der Waals surface area contributed by atoms with Crippen molar-refractivity contribution in [3.63, 3.8) is 0 Å². The van der Waals surface area contributed by atoms with Crippen LogP contribution in [0.25, 0.3) is 10.6 Å². The van der Waals surface area contributed by atoms with Crippen molar-refractivity contribution in [2.75, 3.05) is 20.6 Å². The first-order valence-electron chi connectivity index (χ1n) is 7.89. The quantitative estimate of drug-likeness (QED) is 0.779. The van der Waals surface area contributed by atoms with Crippen molar-refractivity contribution in [1.29, 1.82) is 0 Å². The molecule has 2 unspecified atom stereocenters. The third-order valence-corrected chi connectivity index (χ3v) is 5.47. The molecule has 1 aromatic heterocycles. The van der Waals surface area contributed by atoms with E-state index in [0.29, 0.717) is 6.54 Å². The Kier molecular flexibility index (Phi) is 10.3. The summed E-state index contributed by atoms with van der Waals surface area (Å²) in [5.74, 6) is 0.121. The molecular weight excluding hydrogens is 377 g/mol. The highest BCUT2D eigenvalue weighted by atomic mass is 35.5. The van der Waals surface area contributed by atoms with Gasteiger partial charge in [-0.1, -0.05) is 37.3 Å². The van der Waals surface area contributed by atoms with Crippen LogP contribution in [-0.4, -0.2) is 36.4 Å². The standard InChI is InChI=1S/C18H25N3OS.2ClH/c1-12(11-19-4)18(22)21(5)14(3)16-13(2)20-17(23-16)15-9-7-6-8-10-15;;/h6-10,12,14,19H,11H2,1-5H3;2*1H. The largest absolute Gasteiger partial charge is 0.338 e. The second-order valence-electron chi connectivity index (χ2n) is 5.92. The molecule has 0 saturated carbocycles. The number of aryl methyl sites for hydroxylation is 1. The van der Waals surface area contributed by atoms with Gasteiger partial charge in [0.05, 0.1) is 16.6 Å². The summed E-state index contributed by atoms with van der Waals surface area (Å²) in [7, 11) is 3.74. The summed E-state index contributed by atoms with van der Waals surface area (Å²) in [6, 6.07) is 10.2. The zero-order valence-electron chi connectivity index (χ0n) is 15.3. The van der Waals surface area contributed by atoms with Crippen LogP contribution in [0.5, 0.6) is 0 Å². The van der Waals surface area contributed by atoms with Gasteiger partial charge in [-0.05, 0) is 20.9 Å². The van der Waals surface area contributed by atoms with Crippen molar-refractivity contribution >= 4 is 42.1 Å². The van der Waals surface area contributed by atoms with Crippen LogP contribution in [-0.2, 0) is 4.79 Å². The number of carbonyl (C=O) groups is 1. The van der Waals surface area contributed by atoms with Crippen LogP contribution in [0.3, 0.4) is 0 Å². The fourth-order valence-electron chi connectivity index (χ4n) is 2.61. The van der Waals surface area contributed by atoms with E-state index in [2.05, 4.69) is 24.4 Å². The molecule has 1 amide bonds. The van der Waals surface area contributed by atoms with Crippen LogP contribution >= 0.6 is 36.2 Å². The average Bonchev–Trinajstić information content (AvgIpc) is 2.95. The lowest BCUT2D eigenvalue weighted by Crippen LogP contribution is -2.37. The van der Waals surface area contributed by atoms with Gasteiger partial charge in [0.25, 0.3) is 0 Å². The number of nitrogens with zero attached hydrogens (tertiary/aromatic N) is 2. The van der Waals surface area contributed by atoms with Gasteiger partial charge < -0.3 is 10.2 Å². The number of rotatable bonds is 6. The molecule has 1 aromatic carbocycles. The first kappa shape index (κ1) is 23.9. The van der Waals surface area contributed by atoms with Crippen molar-refractivity contribution in [2.45, 2.75) is 26.8 Å². The Balaban J connectivity index is 0.00000288. The number of halogens is 2. The molecule has 0 spiro atoms. The molecular formula is C18H27Cl2N3OS. The SMILES string of the molecule is CNCC(C)C(=O)N(C)C(C)c1sc(-c2ccccc2)nc1C.Cl.Cl. The highest BCUT2D eigenvalue weighted by Crippen LogP contribution is 2.34. The zero-order chi connectivity index (χ0) is 17.0. The minimum absolute atomic E-state index is 0. The van der Waals surface area contributed by atoms with E-state index in [0.717, 1.165) is 21.1 Å². The van der Waals surface area contributed by atoms with E-state index >= 15 is 0 Å². The molecule has 4 nitrogen and oxygen atoms in total. The van der Waals surface area contributed by atoms with Gasteiger partial charge in [0.15, 0.2) is 0 Å². The van der Waals surface area contributed by atoms with Crippen molar-refractivity contribution in [3.8, 4) is 10.6 Å². The van der Waals surface area contributed by atoms with Gasteiger partial charge in [0.2, 0.25) is 5.91 Å². The maximum atomic E-state index is 12.5. The molecule has 0 aliphatic rings.